The van der Waals surface area contributed by atoms with Gasteiger partial charge in [0.25, 0.3) is 0 Å². The smallest absolute Gasteiger partial charge is 0.159 e. The highest BCUT2D eigenvalue weighted by Gasteiger charge is 2.19. The van der Waals surface area contributed by atoms with E-state index in [1.807, 2.05) is 36.5 Å². The molecule has 0 bridgehead atoms. The van der Waals surface area contributed by atoms with Gasteiger partial charge in [-0.15, -0.1) is 0 Å². The number of anilines is 1. The van der Waals surface area contributed by atoms with Gasteiger partial charge < -0.3 is 10.0 Å². The quantitative estimate of drug-likeness (QED) is 0.782. The van der Waals surface area contributed by atoms with Gasteiger partial charge in [-0.05, 0) is 36.4 Å². The molecular formula is C20H21N5O. The van der Waals surface area contributed by atoms with Gasteiger partial charge in [-0.25, -0.2) is 15.0 Å². The van der Waals surface area contributed by atoms with Crippen LogP contribution in [0, 0.1) is 0 Å². The third-order valence-corrected chi connectivity index (χ3v) is 4.64. The van der Waals surface area contributed by atoms with Gasteiger partial charge in [0.2, 0.25) is 0 Å². The Morgan fingerprint density at radius 2 is 1.62 bits per heavy atom. The minimum absolute atomic E-state index is 0.317. The lowest BCUT2D eigenvalue weighted by Crippen LogP contribution is -2.46. The minimum atomic E-state index is 0.317. The third-order valence-electron chi connectivity index (χ3n) is 4.64. The molecule has 1 aliphatic rings. The highest BCUT2D eigenvalue weighted by molar-refractivity contribution is 5.58. The molecule has 0 radical (unpaired) electrons. The van der Waals surface area contributed by atoms with Gasteiger partial charge in [0.1, 0.15) is 11.6 Å². The lowest BCUT2D eigenvalue weighted by molar-refractivity contribution is 0.246. The number of hydrogen-bond acceptors (Lipinski definition) is 6. The van der Waals surface area contributed by atoms with Crippen LogP contribution in [0.4, 0.5) is 5.82 Å². The zero-order valence-electron chi connectivity index (χ0n) is 14.5. The normalized spacial score (nSPS) is 15.2. The fourth-order valence-electron chi connectivity index (χ4n) is 3.22. The average Bonchev–Trinajstić information content (AvgIpc) is 2.71. The molecule has 1 aromatic carbocycles. The van der Waals surface area contributed by atoms with Crippen LogP contribution < -0.4 is 4.90 Å². The summed E-state index contributed by atoms with van der Waals surface area (Å²) in [5.74, 6) is 2.02. The first kappa shape index (κ1) is 16.5. The minimum Gasteiger partial charge on any atom is -0.508 e. The molecular weight excluding hydrogens is 326 g/mol. The summed E-state index contributed by atoms with van der Waals surface area (Å²) in [5, 5.41) is 10.3. The molecule has 0 atom stereocenters. The second-order valence-corrected chi connectivity index (χ2v) is 6.37. The molecule has 26 heavy (non-hydrogen) atoms. The van der Waals surface area contributed by atoms with Gasteiger partial charge in [0.15, 0.2) is 5.82 Å². The predicted molar refractivity (Wildman–Crippen MR) is 101 cm³/mol. The van der Waals surface area contributed by atoms with Crippen molar-refractivity contribution in [2.45, 2.75) is 6.54 Å². The molecule has 2 aromatic heterocycles. The maximum absolute atomic E-state index is 10.3. The van der Waals surface area contributed by atoms with Crippen LogP contribution in [-0.2, 0) is 6.54 Å². The SMILES string of the molecule is Oc1ccc(-c2ncccn2)cc1CN1CCN(c2ccccn2)CC1. The molecule has 1 fully saturated rings. The van der Waals surface area contributed by atoms with E-state index in [1.165, 1.54) is 0 Å². The highest BCUT2D eigenvalue weighted by Crippen LogP contribution is 2.25. The molecule has 1 aliphatic heterocycles. The van der Waals surface area contributed by atoms with Gasteiger partial charge in [-0.1, -0.05) is 6.07 Å². The summed E-state index contributed by atoms with van der Waals surface area (Å²) < 4.78 is 0. The largest absolute Gasteiger partial charge is 0.508 e. The van der Waals surface area contributed by atoms with Gasteiger partial charge in [-0.2, -0.15) is 0 Å². The molecule has 0 spiro atoms. The van der Waals surface area contributed by atoms with Crippen molar-refractivity contribution in [1.82, 2.24) is 19.9 Å². The van der Waals surface area contributed by atoms with Crippen LogP contribution >= 0.6 is 0 Å². The topological polar surface area (TPSA) is 65.4 Å². The number of rotatable bonds is 4. The number of phenols is 1. The van der Waals surface area contributed by atoms with E-state index >= 15 is 0 Å². The van der Waals surface area contributed by atoms with Gasteiger partial charge >= 0.3 is 0 Å². The second kappa shape index (κ2) is 7.49. The van der Waals surface area contributed by atoms with Crippen molar-refractivity contribution < 1.29 is 5.11 Å². The van der Waals surface area contributed by atoms with E-state index in [2.05, 4.69) is 24.8 Å². The van der Waals surface area contributed by atoms with Crippen molar-refractivity contribution in [1.29, 1.82) is 0 Å². The van der Waals surface area contributed by atoms with Gasteiger partial charge in [0, 0.05) is 62.4 Å². The Labute approximate surface area is 152 Å². The molecule has 1 N–H and O–H groups in total. The van der Waals surface area contributed by atoms with Gasteiger partial charge in [0.05, 0.1) is 0 Å². The maximum atomic E-state index is 10.3. The Morgan fingerprint density at radius 1 is 0.846 bits per heavy atom. The number of aromatic hydroxyl groups is 1. The van der Waals surface area contributed by atoms with Crippen molar-refractivity contribution in [2.24, 2.45) is 0 Å². The standard InChI is InChI=1S/C20H21N5O/c26-18-6-5-16(20-22-8-3-9-23-20)14-17(18)15-24-10-12-25(13-11-24)19-4-1-2-7-21-19/h1-9,14,26H,10-13,15H2. The molecule has 132 valence electrons. The van der Waals surface area contributed by atoms with Crippen molar-refractivity contribution >= 4 is 5.82 Å². The summed E-state index contributed by atoms with van der Waals surface area (Å²) >= 11 is 0. The van der Waals surface area contributed by atoms with Crippen molar-refractivity contribution in [2.75, 3.05) is 31.1 Å². The molecule has 6 nitrogen and oxygen atoms in total. The summed E-state index contributed by atoms with van der Waals surface area (Å²) in [4.78, 5) is 17.7. The average molecular weight is 347 g/mol. The highest BCUT2D eigenvalue weighted by atomic mass is 16.3. The van der Waals surface area contributed by atoms with Gasteiger partial charge in [-0.3, -0.25) is 4.90 Å². The van der Waals surface area contributed by atoms with E-state index in [1.54, 1.807) is 24.5 Å². The fraction of sp³-hybridized carbons (Fsp3) is 0.250. The number of nitrogens with zero attached hydrogens (tertiary/aromatic N) is 5. The first-order valence-electron chi connectivity index (χ1n) is 8.77. The molecule has 6 heteroatoms. The van der Waals surface area contributed by atoms with E-state index in [0.29, 0.717) is 18.1 Å². The lowest BCUT2D eigenvalue weighted by Gasteiger charge is -2.35. The summed E-state index contributed by atoms with van der Waals surface area (Å²) in [6.07, 6.45) is 5.29. The number of phenolic OH excluding ortho intramolecular Hbond substituents is 1. The summed E-state index contributed by atoms with van der Waals surface area (Å²) in [6.45, 7) is 4.44. The van der Waals surface area contributed by atoms with Crippen LogP contribution in [0.1, 0.15) is 5.56 Å². The molecule has 0 saturated carbocycles. The number of benzene rings is 1. The Kier molecular flexibility index (Phi) is 4.75. The molecule has 0 unspecified atom stereocenters. The number of aromatic nitrogens is 3. The zero-order chi connectivity index (χ0) is 17.8. The summed E-state index contributed by atoms with van der Waals surface area (Å²) in [7, 11) is 0. The van der Waals surface area contributed by atoms with Crippen molar-refractivity contribution in [3.05, 3.63) is 66.6 Å². The van der Waals surface area contributed by atoms with E-state index in [9.17, 15) is 5.11 Å². The summed E-state index contributed by atoms with van der Waals surface area (Å²) in [5.41, 5.74) is 1.83. The molecule has 0 aliphatic carbocycles. The number of piperazine rings is 1. The lowest BCUT2D eigenvalue weighted by atomic mass is 10.1. The third kappa shape index (κ3) is 3.65. The second-order valence-electron chi connectivity index (χ2n) is 6.37. The van der Waals surface area contributed by atoms with Crippen LogP contribution in [0.3, 0.4) is 0 Å². The van der Waals surface area contributed by atoms with E-state index < -0.39 is 0 Å². The Balaban J connectivity index is 1.43. The van der Waals surface area contributed by atoms with E-state index in [4.69, 9.17) is 0 Å². The molecule has 4 rings (SSSR count). The van der Waals surface area contributed by atoms with E-state index in [0.717, 1.165) is 43.1 Å². The molecule has 0 amide bonds. The molecule has 3 heterocycles. The Bertz CT molecular complexity index is 849. The fourth-order valence-corrected chi connectivity index (χ4v) is 3.22. The van der Waals surface area contributed by atoms with Crippen LogP contribution in [0.5, 0.6) is 5.75 Å². The molecule has 3 aromatic rings. The number of pyridine rings is 1. The first-order chi connectivity index (χ1) is 12.8. The summed E-state index contributed by atoms with van der Waals surface area (Å²) in [6, 6.07) is 13.4. The van der Waals surface area contributed by atoms with Crippen molar-refractivity contribution in [3.8, 4) is 17.1 Å². The van der Waals surface area contributed by atoms with Crippen LogP contribution in [-0.4, -0.2) is 51.1 Å². The zero-order valence-corrected chi connectivity index (χ0v) is 14.5. The van der Waals surface area contributed by atoms with Crippen LogP contribution in [0.2, 0.25) is 0 Å². The predicted octanol–water partition coefficient (Wildman–Crippen LogP) is 2.57. The maximum Gasteiger partial charge on any atom is 0.159 e. The molecule has 1 saturated heterocycles. The number of hydrogen-bond donors (Lipinski definition) is 1. The van der Waals surface area contributed by atoms with Crippen molar-refractivity contribution in [3.63, 3.8) is 0 Å². The first-order valence-corrected chi connectivity index (χ1v) is 8.77. The van der Waals surface area contributed by atoms with Crippen LogP contribution in [0.15, 0.2) is 61.1 Å². The Hall–Kier alpha value is -2.99. The van der Waals surface area contributed by atoms with E-state index in [-0.39, 0.29) is 0 Å². The Morgan fingerprint density at radius 3 is 2.35 bits per heavy atom. The van der Waals surface area contributed by atoms with Crippen LogP contribution in [0.25, 0.3) is 11.4 Å². The monoisotopic (exact) mass is 347 g/mol.